The van der Waals surface area contributed by atoms with E-state index in [1.807, 2.05) is 0 Å². The van der Waals surface area contributed by atoms with Crippen molar-refractivity contribution >= 4 is 28.4 Å². The summed E-state index contributed by atoms with van der Waals surface area (Å²) in [6, 6.07) is 7.47. The molecule has 0 fully saturated rings. The van der Waals surface area contributed by atoms with Crippen LogP contribution in [0.5, 0.6) is 0 Å². The van der Waals surface area contributed by atoms with Gasteiger partial charge in [-0.2, -0.15) is 9.61 Å². The van der Waals surface area contributed by atoms with E-state index in [1.54, 1.807) is 31.4 Å². The Hall–Kier alpha value is -2.38. The summed E-state index contributed by atoms with van der Waals surface area (Å²) in [6.07, 6.45) is 3.49. The summed E-state index contributed by atoms with van der Waals surface area (Å²) in [5.74, 6) is -0.287. The number of ether oxygens (including phenoxy) is 1. The molecule has 22 heavy (non-hydrogen) atoms. The molecule has 0 spiro atoms. The Labute approximate surface area is 129 Å². The van der Waals surface area contributed by atoms with Crippen molar-refractivity contribution in [1.29, 1.82) is 0 Å². The smallest absolute Gasteiger partial charge is 0.275 e. The second-order valence-electron chi connectivity index (χ2n) is 4.53. The SMILES string of the molecule is COCc1nn2c(=O)cc(C=Cc3ccc(F)cc3)nc2s1. The fourth-order valence-corrected chi connectivity index (χ4v) is 2.77. The van der Waals surface area contributed by atoms with Crippen LogP contribution in [0, 0.1) is 5.82 Å². The molecule has 0 saturated carbocycles. The minimum Gasteiger partial charge on any atom is -0.377 e. The molecule has 3 rings (SSSR count). The summed E-state index contributed by atoms with van der Waals surface area (Å²) >= 11 is 1.31. The third-order valence-corrected chi connectivity index (χ3v) is 3.77. The van der Waals surface area contributed by atoms with Crippen molar-refractivity contribution in [2.24, 2.45) is 0 Å². The highest BCUT2D eigenvalue weighted by atomic mass is 32.1. The molecule has 0 unspecified atom stereocenters. The number of aromatic nitrogens is 3. The van der Waals surface area contributed by atoms with E-state index in [2.05, 4.69) is 10.1 Å². The molecule has 0 radical (unpaired) electrons. The van der Waals surface area contributed by atoms with E-state index < -0.39 is 0 Å². The van der Waals surface area contributed by atoms with E-state index in [0.29, 0.717) is 22.3 Å². The molecule has 0 aliphatic rings. The van der Waals surface area contributed by atoms with Gasteiger partial charge in [0.25, 0.3) is 5.56 Å². The first kappa shape index (κ1) is 14.6. The zero-order chi connectivity index (χ0) is 15.5. The van der Waals surface area contributed by atoms with Gasteiger partial charge in [-0.15, -0.1) is 0 Å². The number of hydrogen-bond acceptors (Lipinski definition) is 5. The molecule has 0 saturated heterocycles. The van der Waals surface area contributed by atoms with E-state index in [-0.39, 0.29) is 11.4 Å². The van der Waals surface area contributed by atoms with Crippen molar-refractivity contribution in [3.05, 3.63) is 62.8 Å². The predicted octanol–water partition coefficient (Wildman–Crippen LogP) is 2.61. The standard InChI is InChI=1S/C15H12FN3O2S/c1-21-9-13-18-19-14(20)8-12(17-15(19)22-13)7-4-10-2-5-11(16)6-3-10/h2-8H,9H2,1H3. The quantitative estimate of drug-likeness (QED) is 0.742. The van der Waals surface area contributed by atoms with Crippen molar-refractivity contribution in [3.63, 3.8) is 0 Å². The van der Waals surface area contributed by atoms with Gasteiger partial charge in [0.1, 0.15) is 10.8 Å². The molecule has 0 aliphatic heterocycles. The topological polar surface area (TPSA) is 56.5 Å². The van der Waals surface area contributed by atoms with Gasteiger partial charge in [-0.3, -0.25) is 4.79 Å². The van der Waals surface area contributed by atoms with Crippen molar-refractivity contribution < 1.29 is 9.13 Å². The lowest BCUT2D eigenvalue weighted by atomic mass is 10.2. The Morgan fingerprint density at radius 2 is 2.09 bits per heavy atom. The number of halogens is 1. The van der Waals surface area contributed by atoms with Crippen LogP contribution in [0.25, 0.3) is 17.1 Å². The average Bonchev–Trinajstić information content (AvgIpc) is 2.90. The monoisotopic (exact) mass is 317 g/mol. The van der Waals surface area contributed by atoms with E-state index in [0.717, 1.165) is 5.56 Å². The Morgan fingerprint density at radius 1 is 1.32 bits per heavy atom. The molecule has 7 heteroatoms. The maximum atomic E-state index is 12.8. The van der Waals surface area contributed by atoms with Crippen LogP contribution < -0.4 is 5.56 Å². The molecule has 0 atom stereocenters. The maximum Gasteiger partial charge on any atom is 0.275 e. The molecule has 3 aromatic rings. The minimum atomic E-state index is -0.287. The van der Waals surface area contributed by atoms with Crippen LogP contribution in [-0.2, 0) is 11.3 Å². The summed E-state index contributed by atoms with van der Waals surface area (Å²) in [4.78, 5) is 16.9. The lowest BCUT2D eigenvalue weighted by Crippen LogP contribution is -2.14. The van der Waals surface area contributed by atoms with Crippen molar-refractivity contribution in [3.8, 4) is 0 Å². The molecule has 0 aliphatic carbocycles. The highest BCUT2D eigenvalue weighted by Crippen LogP contribution is 2.13. The van der Waals surface area contributed by atoms with Crippen LogP contribution in [0.4, 0.5) is 4.39 Å². The van der Waals surface area contributed by atoms with Gasteiger partial charge < -0.3 is 4.74 Å². The number of benzene rings is 1. The molecular weight excluding hydrogens is 305 g/mol. The first-order chi connectivity index (χ1) is 10.7. The Kier molecular flexibility index (Phi) is 4.08. The summed E-state index contributed by atoms with van der Waals surface area (Å²) in [5.41, 5.74) is 1.11. The summed E-state index contributed by atoms with van der Waals surface area (Å²) < 4.78 is 19.1. The van der Waals surface area contributed by atoms with E-state index in [4.69, 9.17) is 4.74 Å². The molecule has 2 aromatic heterocycles. The van der Waals surface area contributed by atoms with Gasteiger partial charge >= 0.3 is 0 Å². The molecule has 5 nitrogen and oxygen atoms in total. The third kappa shape index (κ3) is 3.10. The van der Waals surface area contributed by atoms with Gasteiger partial charge in [-0.25, -0.2) is 9.37 Å². The number of nitrogens with zero attached hydrogens (tertiary/aromatic N) is 3. The van der Waals surface area contributed by atoms with Crippen molar-refractivity contribution in [2.75, 3.05) is 7.11 Å². The van der Waals surface area contributed by atoms with Crippen molar-refractivity contribution in [2.45, 2.75) is 6.61 Å². The molecule has 1 aromatic carbocycles. The zero-order valence-corrected chi connectivity index (χ0v) is 12.5. The third-order valence-electron chi connectivity index (χ3n) is 2.89. The molecule has 112 valence electrons. The molecule has 2 heterocycles. The lowest BCUT2D eigenvalue weighted by molar-refractivity contribution is 0.183. The number of rotatable bonds is 4. The largest absolute Gasteiger partial charge is 0.377 e. The normalized spacial score (nSPS) is 11.5. The number of methoxy groups -OCH3 is 1. The lowest BCUT2D eigenvalue weighted by Gasteiger charge is -1.95. The average molecular weight is 317 g/mol. The highest BCUT2D eigenvalue weighted by molar-refractivity contribution is 7.16. The van der Waals surface area contributed by atoms with Gasteiger partial charge in [0.15, 0.2) is 0 Å². The minimum absolute atomic E-state index is 0.248. The van der Waals surface area contributed by atoms with Crippen LogP contribution in [0.2, 0.25) is 0 Å². The van der Waals surface area contributed by atoms with Crippen LogP contribution >= 0.6 is 11.3 Å². The zero-order valence-electron chi connectivity index (χ0n) is 11.7. The highest BCUT2D eigenvalue weighted by Gasteiger charge is 2.07. The van der Waals surface area contributed by atoms with E-state index >= 15 is 0 Å². The first-order valence-corrected chi connectivity index (χ1v) is 7.30. The second-order valence-corrected chi connectivity index (χ2v) is 5.57. The molecule has 0 amide bonds. The van der Waals surface area contributed by atoms with Crippen molar-refractivity contribution in [1.82, 2.24) is 14.6 Å². The van der Waals surface area contributed by atoms with Crippen LogP contribution in [0.15, 0.2) is 35.1 Å². The van der Waals surface area contributed by atoms with Crippen LogP contribution in [0.1, 0.15) is 16.3 Å². The molecule has 0 bridgehead atoms. The Balaban J connectivity index is 1.93. The van der Waals surface area contributed by atoms with Gasteiger partial charge in [0, 0.05) is 13.2 Å². The van der Waals surface area contributed by atoms with Gasteiger partial charge in [-0.05, 0) is 23.8 Å². The first-order valence-electron chi connectivity index (χ1n) is 6.48. The summed E-state index contributed by atoms with van der Waals surface area (Å²) in [7, 11) is 1.57. The summed E-state index contributed by atoms with van der Waals surface area (Å²) in [5, 5.41) is 4.83. The summed E-state index contributed by atoms with van der Waals surface area (Å²) in [6.45, 7) is 0.341. The Morgan fingerprint density at radius 3 is 2.82 bits per heavy atom. The molecular formula is C15H12FN3O2S. The van der Waals surface area contributed by atoms with Gasteiger partial charge in [-0.1, -0.05) is 29.5 Å². The van der Waals surface area contributed by atoms with E-state index in [9.17, 15) is 9.18 Å². The Bertz CT molecular complexity index is 884. The maximum absolute atomic E-state index is 12.8. The van der Waals surface area contributed by atoms with E-state index in [1.165, 1.54) is 34.1 Å². The molecule has 0 N–H and O–H groups in total. The number of hydrogen-bond donors (Lipinski definition) is 0. The predicted molar refractivity (Wildman–Crippen MR) is 83.2 cm³/mol. The fourth-order valence-electron chi connectivity index (χ4n) is 1.89. The van der Waals surface area contributed by atoms with Crippen LogP contribution in [0.3, 0.4) is 0 Å². The van der Waals surface area contributed by atoms with Gasteiger partial charge in [0.05, 0.1) is 12.3 Å². The van der Waals surface area contributed by atoms with Gasteiger partial charge in [0.2, 0.25) is 4.96 Å². The second kappa shape index (κ2) is 6.17. The fraction of sp³-hybridized carbons (Fsp3) is 0.133. The van der Waals surface area contributed by atoms with Crippen LogP contribution in [-0.4, -0.2) is 21.7 Å². The number of fused-ring (bicyclic) bond motifs is 1.